The van der Waals surface area contributed by atoms with Gasteiger partial charge in [-0.15, -0.1) is 5.06 Å². The highest BCUT2D eigenvalue weighted by Gasteiger charge is 2.49. The van der Waals surface area contributed by atoms with E-state index in [1.807, 2.05) is 0 Å². The van der Waals surface area contributed by atoms with Crippen LogP contribution < -0.4 is 0 Å². The number of rotatable bonds is 1. The molecule has 0 aromatic heterocycles. The molecule has 4 nitrogen and oxygen atoms in total. The van der Waals surface area contributed by atoms with E-state index in [2.05, 4.69) is 0 Å². The monoisotopic (exact) mass is 238 g/mol. The van der Waals surface area contributed by atoms with Gasteiger partial charge in [-0.1, -0.05) is 0 Å². The van der Waals surface area contributed by atoms with Gasteiger partial charge >= 0.3 is 0 Å². The zero-order valence-corrected chi connectivity index (χ0v) is 10.0. The summed E-state index contributed by atoms with van der Waals surface area (Å²) in [5.74, 6) is -0.349. The Labute approximate surface area is 99.1 Å². The molecule has 0 radical (unpaired) electrons. The van der Waals surface area contributed by atoms with Gasteiger partial charge in [-0.05, 0) is 31.2 Å². The van der Waals surface area contributed by atoms with Crippen LogP contribution in [0.3, 0.4) is 0 Å². The Morgan fingerprint density at radius 3 is 2.29 bits per heavy atom. The van der Waals surface area contributed by atoms with Crippen LogP contribution in [0.25, 0.3) is 0 Å². The first-order chi connectivity index (χ1) is 7.85. The normalized spacial score (nSPS) is 24.4. The van der Waals surface area contributed by atoms with E-state index in [0.29, 0.717) is 11.3 Å². The Bertz CT molecular complexity index is 468. The van der Waals surface area contributed by atoms with Crippen molar-refractivity contribution in [1.29, 1.82) is 0 Å². The molecule has 0 bridgehead atoms. The van der Waals surface area contributed by atoms with Gasteiger partial charge in [0.05, 0.1) is 0 Å². The summed E-state index contributed by atoms with van der Waals surface area (Å²) in [5.41, 5.74) is 0.0550. The second-order valence-corrected chi connectivity index (χ2v) is 4.70. The highest BCUT2D eigenvalue weighted by Crippen LogP contribution is 2.27. The summed E-state index contributed by atoms with van der Waals surface area (Å²) in [5, 5.41) is 23.0. The molecular weight excluding hydrogens is 223 g/mol. The molecule has 0 spiro atoms. The van der Waals surface area contributed by atoms with Gasteiger partial charge in [0, 0.05) is 19.4 Å². The lowest BCUT2D eigenvalue weighted by Crippen LogP contribution is -2.45. The summed E-state index contributed by atoms with van der Waals surface area (Å²) in [6.07, 6.45) is 0. The maximum Gasteiger partial charge on any atom is 0.245 e. The van der Waals surface area contributed by atoms with Crippen molar-refractivity contribution in [3.8, 4) is 0 Å². The third-order valence-corrected chi connectivity index (χ3v) is 3.18. The predicted octanol–water partition coefficient (Wildman–Crippen LogP) is 1.95. The van der Waals surface area contributed by atoms with Crippen molar-refractivity contribution in [2.45, 2.75) is 32.5 Å². The fourth-order valence-electron chi connectivity index (χ4n) is 2.13. The molecule has 0 amide bonds. The third kappa shape index (κ3) is 1.71. The molecule has 5 heteroatoms. The average molecular weight is 238 g/mol. The minimum absolute atomic E-state index is 0.349. The van der Waals surface area contributed by atoms with Crippen LogP contribution in [-0.2, 0) is 0 Å². The molecule has 17 heavy (non-hydrogen) atoms. The van der Waals surface area contributed by atoms with Crippen molar-refractivity contribution in [3.05, 3.63) is 40.9 Å². The summed E-state index contributed by atoms with van der Waals surface area (Å²) in [6, 6.07) is 5.27. The van der Waals surface area contributed by atoms with E-state index in [1.165, 1.54) is 12.1 Å². The van der Waals surface area contributed by atoms with E-state index in [-0.39, 0.29) is 5.82 Å². The lowest BCUT2D eigenvalue weighted by atomic mass is 10.1. The molecule has 0 saturated heterocycles. The van der Waals surface area contributed by atoms with Gasteiger partial charge in [-0.3, -0.25) is 0 Å². The molecule has 0 saturated carbocycles. The molecule has 1 atom stereocenters. The van der Waals surface area contributed by atoms with Crippen LogP contribution >= 0.6 is 0 Å². The third-order valence-electron chi connectivity index (χ3n) is 3.18. The largest absolute Gasteiger partial charge is 0.622 e. The maximum absolute atomic E-state index is 12.8. The molecule has 1 unspecified atom stereocenters. The zero-order chi connectivity index (χ0) is 12.8. The topological polar surface area (TPSA) is 49.5 Å². The van der Waals surface area contributed by atoms with Crippen LogP contribution in [-0.4, -0.2) is 32.4 Å². The van der Waals surface area contributed by atoms with Gasteiger partial charge in [-0.2, -0.15) is 4.74 Å². The van der Waals surface area contributed by atoms with Crippen molar-refractivity contribution < 1.29 is 14.3 Å². The maximum atomic E-state index is 12.8. The van der Waals surface area contributed by atoms with Gasteiger partial charge in [0.15, 0.2) is 0 Å². The van der Waals surface area contributed by atoms with Crippen LogP contribution in [0.4, 0.5) is 4.39 Å². The minimum atomic E-state index is -1.01. The van der Waals surface area contributed by atoms with Crippen molar-refractivity contribution in [2.75, 3.05) is 0 Å². The molecule has 1 aliphatic rings. The van der Waals surface area contributed by atoms with Crippen molar-refractivity contribution in [2.24, 2.45) is 0 Å². The number of halogens is 1. The second kappa shape index (κ2) is 3.78. The van der Waals surface area contributed by atoms with Crippen LogP contribution in [0.15, 0.2) is 24.3 Å². The fourth-order valence-corrected chi connectivity index (χ4v) is 2.13. The number of hydroxylamine groups is 3. The van der Waals surface area contributed by atoms with Crippen molar-refractivity contribution >= 4 is 5.71 Å². The van der Waals surface area contributed by atoms with Gasteiger partial charge in [0.2, 0.25) is 11.4 Å². The molecule has 1 heterocycles. The van der Waals surface area contributed by atoms with E-state index in [0.717, 1.165) is 9.80 Å². The second-order valence-electron chi connectivity index (χ2n) is 4.70. The van der Waals surface area contributed by atoms with Crippen molar-refractivity contribution in [3.63, 3.8) is 0 Å². The molecule has 1 aromatic carbocycles. The van der Waals surface area contributed by atoms with Crippen molar-refractivity contribution in [1.82, 2.24) is 5.06 Å². The van der Waals surface area contributed by atoms with Gasteiger partial charge in [0.25, 0.3) is 0 Å². The van der Waals surface area contributed by atoms with Gasteiger partial charge in [0.1, 0.15) is 11.9 Å². The number of hydrogen-bond donors (Lipinski definition) is 1. The highest BCUT2D eigenvalue weighted by molar-refractivity contribution is 6.01. The molecule has 0 fully saturated rings. The van der Waals surface area contributed by atoms with E-state index >= 15 is 0 Å². The van der Waals surface area contributed by atoms with Crippen LogP contribution in [0.2, 0.25) is 0 Å². The molecule has 0 aliphatic carbocycles. The standard InChI is InChI=1S/C12H15FN2O2/c1-8-11(9-4-6-10(13)7-5-9)15(17)12(2,3)14(8)16/h4-8,16H,1-3H3. The molecule has 1 aromatic rings. The lowest BCUT2D eigenvalue weighted by Gasteiger charge is -2.24. The van der Waals surface area contributed by atoms with Gasteiger partial charge < -0.3 is 10.4 Å². The van der Waals surface area contributed by atoms with E-state index in [4.69, 9.17) is 0 Å². The Morgan fingerprint density at radius 2 is 1.88 bits per heavy atom. The Kier molecular flexibility index (Phi) is 2.67. The smallest absolute Gasteiger partial charge is 0.245 e. The Morgan fingerprint density at radius 1 is 1.35 bits per heavy atom. The van der Waals surface area contributed by atoms with E-state index in [1.54, 1.807) is 32.9 Å². The molecule has 2 rings (SSSR count). The van der Waals surface area contributed by atoms with E-state index < -0.39 is 11.7 Å². The highest BCUT2D eigenvalue weighted by atomic mass is 19.1. The first-order valence-corrected chi connectivity index (χ1v) is 5.44. The number of benzene rings is 1. The summed E-state index contributed by atoms with van der Waals surface area (Å²) < 4.78 is 13.6. The average Bonchev–Trinajstić information content (AvgIpc) is 2.43. The number of hydrogen-bond acceptors (Lipinski definition) is 3. The summed E-state index contributed by atoms with van der Waals surface area (Å²) in [4.78, 5) is 0. The molecular formula is C12H15FN2O2. The predicted molar refractivity (Wildman–Crippen MR) is 61.3 cm³/mol. The van der Waals surface area contributed by atoms with Gasteiger partial charge in [-0.25, -0.2) is 4.39 Å². The fraction of sp³-hybridized carbons (Fsp3) is 0.417. The van der Waals surface area contributed by atoms with Crippen LogP contribution in [0.5, 0.6) is 0 Å². The quantitative estimate of drug-likeness (QED) is 0.601. The summed E-state index contributed by atoms with van der Waals surface area (Å²) >= 11 is 0. The Hall–Kier alpha value is -1.46. The zero-order valence-electron chi connectivity index (χ0n) is 10.0. The summed E-state index contributed by atoms with van der Waals surface area (Å²) in [7, 11) is 0. The molecule has 92 valence electrons. The number of nitrogens with zero attached hydrogens (tertiary/aromatic N) is 2. The van der Waals surface area contributed by atoms with Crippen LogP contribution in [0, 0.1) is 11.0 Å². The van der Waals surface area contributed by atoms with Crippen LogP contribution in [0.1, 0.15) is 26.3 Å². The SMILES string of the molecule is CC1C(c2ccc(F)cc2)=[N+]([O-])C(C)(C)N1O. The van der Waals surface area contributed by atoms with E-state index in [9.17, 15) is 14.8 Å². The molecule has 1 N–H and O–H groups in total. The first-order valence-electron chi connectivity index (χ1n) is 5.44. The Balaban J connectivity index is 2.51. The first kappa shape index (κ1) is 12.0. The molecule has 1 aliphatic heterocycles. The minimum Gasteiger partial charge on any atom is -0.622 e. The summed E-state index contributed by atoms with van der Waals surface area (Å²) in [6.45, 7) is 5.00. The lowest BCUT2D eigenvalue weighted by molar-refractivity contribution is -0.579.